The average molecular weight is 337 g/mol. The summed E-state index contributed by atoms with van der Waals surface area (Å²) in [5.74, 6) is -0.451. The lowest BCUT2D eigenvalue weighted by Gasteiger charge is -2.26. The Kier molecular flexibility index (Phi) is 4.37. The maximum Gasteiger partial charge on any atom is 0.416 e. The van der Waals surface area contributed by atoms with Crippen molar-refractivity contribution in [3.8, 4) is 11.6 Å². The Labute approximate surface area is 135 Å². The number of aromatic nitrogens is 2. The van der Waals surface area contributed by atoms with Crippen LogP contribution in [0.15, 0.2) is 36.7 Å². The molecule has 24 heavy (non-hydrogen) atoms. The van der Waals surface area contributed by atoms with Crippen molar-refractivity contribution in [1.29, 1.82) is 0 Å². The summed E-state index contributed by atoms with van der Waals surface area (Å²) in [6.45, 7) is 0. The summed E-state index contributed by atoms with van der Waals surface area (Å²) in [6, 6.07) is 4.56. The Balaban J connectivity index is 1.73. The van der Waals surface area contributed by atoms with Gasteiger partial charge in [-0.25, -0.2) is 4.98 Å². The predicted molar refractivity (Wildman–Crippen MR) is 78.7 cm³/mol. The Morgan fingerprint density at radius 1 is 1.25 bits per heavy atom. The summed E-state index contributed by atoms with van der Waals surface area (Å²) in [7, 11) is 0. The highest BCUT2D eigenvalue weighted by molar-refractivity contribution is 5.92. The van der Waals surface area contributed by atoms with Crippen LogP contribution in [0, 0.1) is 0 Å². The van der Waals surface area contributed by atoms with Gasteiger partial charge in [-0.3, -0.25) is 9.78 Å². The highest BCUT2D eigenvalue weighted by atomic mass is 19.4. The predicted octanol–water partition coefficient (Wildman–Crippen LogP) is 3.57. The minimum Gasteiger partial charge on any atom is -0.437 e. The largest absolute Gasteiger partial charge is 0.437 e. The van der Waals surface area contributed by atoms with E-state index in [0.29, 0.717) is 0 Å². The van der Waals surface area contributed by atoms with Gasteiger partial charge in [0.2, 0.25) is 5.88 Å². The number of halogens is 3. The highest BCUT2D eigenvalue weighted by Crippen LogP contribution is 2.32. The lowest BCUT2D eigenvalue weighted by atomic mass is 9.93. The van der Waals surface area contributed by atoms with Crippen molar-refractivity contribution in [3.63, 3.8) is 0 Å². The van der Waals surface area contributed by atoms with Crippen LogP contribution in [-0.2, 0) is 6.18 Å². The zero-order chi connectivity index (χ0) is 17.2. The summed E-state index contributed by atoms with van der Waals surface area (Å²) < 4.78 is 43.4. The standard InChI is InChI=1S/C16H14F3N3O2/c17-16(18,19)10-3-1-6-12(7-10)24-14-9-20-8-13(22-14)15(23)21-11-4-2-5-11/h1,3,6-9,11H,2,4-5H2,(H,21,23). The van der Waals surface area contributed by atoms with Gasteiger partial charge in [0.15, 0.2) is 0 Å². The Bertz CT molecular complexity index is 745. The summed E-state index contributed by atoms with van der Waals surface area (Å²) in [4.78, 5) is 19.9. The number of nitrogens with zero attached hydrogens (tertiary/aromatic N) is 2. The molecule has 5 nitrogen and oxygen atoms in total. The van der Waals surface area contributed by atoms with E-state index < -0.39 is 11.7 Å². The summed E-state index contributed by atoms with van der Waals surface area (Å²) >= 11 is 0. The molecule has 0 saturated heterocycles. The first-order chi connectivity index (χ1) is 11.4. The molecule has 126 valence electrons. The van der Waals surface area contributed by atoms with Gasteiger partial charge in [0, 0.05) is 6.04 Å². The van der Waals surface area contributed by atoms with Crippen molar-refractivity contribution >= 4 is 5.91 Å². The number of hydrogen-bond acceptors (Lipinski definition) is 4. The van der Waals surface area contributed by atoms with Gasteiger partial charge in [-0.1, -0.05) is 6.07 Å². The van der Waals surface area contributed by atoms with Gasteiger partial charge in [-0.05, 0) is 37.5 Å². The van der Waals surface area contributed by atoms with Crippen LogP contribution in [0.4, 0.5) is 13.2 Å². The molecule has 0 radical (unpaired) electrons. The van der Waals surface area contributed by atoms with Gasteiger partial charge >= 0.3 is 6.18 Å². The van der Waals surface area contributed by atoms with E-state index in [1.54, 1.807) is 0 Å². The van der Waals surface area contributed by atoms with Crippen molar-refractivity contribution in [3.05, 3.63) is 47.9 Å². The van der Waals surface area contributed by atoms with Crippen LogP contribution in [0.3, 0.4) is 0 Å². The van der Waals surface area contributed by atoms with Crippen molar-refractivity contribution in [2.24, 2.45) is 0 Å². The van der Waals surface area contributed by atoms with Gasteiger partial charge in [0.05, 0.1) is 18.0 Å². The second-order valence-corrected chi connectivity index (χ2v) is 5.47. The number of alkyl halides is 3. The zero-order valence-electron chi connectivity index (χ0n) is 12.5. The quantitative estimate of drug-likeness (QED) is 0.926. The maximum atomic E-state index is 12.7. The minimum absolute atomic E-state index is 0.0318. The van der Waals surface area contributed by atoms with Crippen molar-refractivity contribution in [1.82, 2.24) is 15.3 Å². The van der Waals surface area contributed by atoms with E-state index in [9.17, 15) is 18.0 Å². The van der Waals surface area contributed by atoms with E-state index in [2.05, 4.69) is 15.3 Å². The first-order valence-corrected chi connectivity index (χ1v) is 7.40. The number of hydrogen-bond donors (Lipinski definition) is 1. The van der Waals surface area contributed by atoms with Crippen molar-refractivity contribution in [2.75, 3.05) is 0 Å². The van der Waals surface area contributed by atoms with Crippen molar-refractivity contribution < 1.29 is 22.7 Å². The second-order valence-electron chi connectivity index (χ2n) is 5.47. The Hall–Kier alpha value is -2.64. The molecule has 1 aromatic carbocycles. The molecule has 1 aromatic heterocycles. The number of carbonyl (C=O) groups excluding carboxylic acids is 1. The van der Waals surface area contributed by atoms with Crippen molar-refractivity contribution in [2.45, 2.75) is 31.5 Å². The molecule has 1 aliphatic rings. The number of nitrogens with one attached hydrogen (secondary N) is 1. The van der Waals surface area contributed by atoms with Crippen LogP contribution < -0.4 is 10.1 Å². The monoisotopic (exact) mass is 337 g/mol. The highest BCUT2D eigenvalue weighted by Gasteiger charge is 2.30. The first kappa shape index (κ1) is 16.2. The molecule has 0 atom stereocenters. The molecule has 1 amide bonds. The van der Waals surface area contributed by atoms with Gasteiger partial charge < -0.3 is 10.1 Å². The van der Waals surface area contributed by atoms with E-state index in [4.69, 9.17) is 4.74 Å². The lowest BCUT2D eigenvalue weighted by molar-refractivity contribution is -0.137. The molecule has 1 saturated carbocycles. The van der Waals surface area contributed by atoms with E-state index in [0.717, 1.165) is 31.4 Å². The SMILES string of the molecule is O=C(NC1CCC1)c1cncc(Oc2cccc(C(F)(F)F)c2)n1. The van der Waals surface area contributed by atoms with E-state index in [-0.39, 0.29) is 29.3 Å². The second kappa shape index (κ2) is 6.46. The normalized spacial score (nSPS) is 14.8. The van der Waals surface area contributed by atoms with Gasteiger partial charge in [0.1, 0.15) is 11.4 Å². The number of ether oxygens (including phenoxy) is 1. The van der Waals surface area contributed by atoms with Crippen LogP contribution in [0.1, 0.15) is 35.3 Å². The topological polar surface area (TPSA) is 64.1 Å². The van der Waals surface area contributed by atoms with Gasteiger partial charge in [-0.2, -0.15) is 13.2 Å². The fourth-order valence-electron chi connectivity index (χ4n) is 2.18. The van der Waals surface area contributed by atoms with Gasteiger partial charge in [0.25, 0.3) is 5.91 Å². The fourth-order valence-corrected chi connectivity index (χ4v) is 2.18. The van der Waals surface area contributed by atoms with E-state index >= 15 is 0 Å². The average Bonchev–Trinajstić information content (AvgIpc) is 2.50. The molecule has 1 heterocycles. The molecular formula is C16H14F3N3O2. The molecular weight excluding hydrogens is 323 g/mol. The third-order valence-corrected chi connectivity index (χ3v) is 3.67. The third kappa shape index (κ3) is 3.81. The molecule has 0 aliphatic heterocycles. The molecule has 0 spiro atoms. The van der Waals surface area contributed by atoms with Crippen LogP contribution in [-0.4, -0.2) is 21.9 Å². The van der Waals surface area contributed by atoms with Crippen LogP contribution in [0.5, 0.6) is 11.6 Å². The minimum atomic E-state index is -4.46. The Morgan fingerprint density at radius 2 is 2.04 bits per heavy atom. The van der Waals surface area contributed by atoms with Crippen LogP contribution in [0.2, 0.25) is 0 Å². The maximum absolute atomic E-state index is 12.7. The molecule has 0 bridgehead atoms. The molecule has 3 rings (SSSR count). The van der Waals surface area contributed by atoms with Crippen LogP contribution >= 0.6 is 0 Å². The number of carbonyl (C=O) groups is 1. The molecule has 1 aliphatic carbocycles. The number of benzene rings is 1. The Morgan fingerprint density at radius 3 is 2.71 bits per heavy atom. The summed E-state index contributed by atoms with van der Waals surface area (Å²) in [5.41, 5.74) is -0.766. The first-order valence-electron chi connectivity index (χ1n) is 7.40. The fraction of sp³-hybridized carbons (Fsp3) is 0.312. The molecule has 8 heteroatoms. The molecule has 1 N–H and O–H groups in total. The summed E-state index contributed by atoms with van der Waals surface area (Å²) in [6.07, 6.45) is 0.997. The number of rotatable bonds is 4. The molecule has 2 aromatic rings. The van der Waals surface area contributed by atoms with Crippen LogP contribution in [0.25, 0.3) is 0 Å². The third-order valence-electron chi connectivity index (χ3n) is 3.67. The zero-order valence-corrected chi connectivity index (χ0v) is 12.5. The summed E-state index contributed by atoms with van der Waals surface area (Å²) in [5, 5.41) is 2.81. The molecule has 1 fully saturated rings. The van der Waals surface area contributed by atoms with Gasteiger partial charge in [-0.15, -0.1) is 0 Å². The molecule has 0 unspecified atom stereocenters. The smallest absolute Gasteiger partial charge is 0.416 e. The number of amides is 1. The lowest BCUT2D eigenvalue weighted by Crippen LogP contribution is -2.39. The van der Waals surface area contributed by atoms with E-state index in [1.807, 2.05) is 0 Å². The van der Waals surface area contributed by atoms with E-state index in [1.165, 1.54) is 24.5 Å².